The van der Waals surface area contributed by atoms with Crippen LogP contribution in [0.4, 0.5) is 0 Å². The third kappa shape index (κ3) is 8.19. The quantitative estimate of drug-likeness (QED) is 0.361. The van der Waals surface area contributed by atoms with Gasteiger partial charge < -0.3 is 20.1 Å². The van der Waals surface area contributed by atoms with Crippen molar-refractivity contribution in [1.29, 1.82) is 0 Å². The maximum absolute atomic E-state index is 5.73. The van der Waals surface area contributed by atoms with Gasteiger partial charge in [0.05, 0.1) is 13.2 Å². The molecule has 1 saturated heterocycles. The smallest absolute Gasteiger partial charge is 0.191 e. The Hall–Kier alpha value is -1.59. The van der Waals surface area contributed by atoms with Gasteiger partial charge >= 0.3 is 0 Å². The number of ether oxygens (including phenoxy) is 2. The highest BCUT2D eigenvalue weighted by atomic mass is 16.5. The fourth-order valence-electron chi connectivity index (χ4n) is 3.02. The zero-order valence-corrected chi connectivity index (χ0v) is 16.4. The molecule has 0 aliphatic carbocycles. The zero-order chi connectivity index (χ0) is 18.5. The van der Waals surface area contributed by atoms with Gasteiger partial charge in [0.25, 0.3) is 0 Å². The van der Waals surface area contributed by atoms with Crippen molar-refractivity contribution >= 4 is 5.96 Å². The van der Waals surface area contributed by atoms with Gasteiger partial charge in [-0.05, 0) is 37.7 Å². The molecular formula is C21H35N3O2. The molecular weight excluding hydrogens is 326 g/mol. The molecule has 146 valence electrons. The number of nitrogens with zero attached hydrogens (tertiary/aromatic N) is 1. The first-order chi connectivity index (χ1) is 12.8. The van der Waals surface area contributed by atoms with E-state index in [1.807, 2.05) is 0 Å². The lowest BCUT2D eigenvalue weighted by Gasteiger charge is -2.15. The summed E-state index contributed by atoms with van der Waals surface area (Å²) < 4.78 is 11.1. The van der Waals surface area contributed by atoms with Crippen LogP contribution in [-0.2, 0) is 9.47 Å². The third-order valence-corrected chi connectivity index (χ3v) is 4.68. The van der Waals surface area contributed by atoms with Gasteiger partial charge in [-0.2, -0.15) is 0 Å². The van der Waals surface area contributed by atoms with Gasteiger partial charge in [0, 0.05) is 38.8 Å². The van der Waals surface area contributed by atoms with Crippen LogP contribution < -0.4 is 10.6 Å². The van der Waals surface area contributed by atoms with E-state index >= 15 is 0 Å². The van der Waals surface area contributed by atoms with Crippen LogP contribution in [0.3, 0.4) is 0 Å². The van der Waals surface area contributed by atoms with E-state index in [1.54, 1.807) is 0 Å². The predicted molar refractivity (Wildman–Crippen MR) is 108 cm³/mol. The van der Waals surface area contributed by atoms with Gasteiger partial charge in [0.15, 0.2) is 5.96 Å². The Kier molecular flexibility index (Phi) is 10.1. The molecule has 1 aromatic rings. The summed E-state index contributed by atoms with van der Waals surface area (Å²) >= 11 is 0. The van der Waals surface area contributed by atoms with Crippen molar-refractivity contribution in [2.24, 2.45) is 10.9 Å². The van der Waals surface area contributed by atoms with Crippen molar-refractivity contribution in [3.63, 3.8) is 0 Å². The lowest BCUT2D eigenvalue weighted by molar-refractivity contribution is 0.0893. The maximum atomic E-state index is 5.73. The van der Waals surface area contributed by atoms with E-state index in [2.05, 4.69) is 59.8 Å². The number of hydrogen-bond acceptors (Lipinski definition) is 3. The van der Waals surface area contributed by atoms with E-state index in [-0.39, 0.29) is 0 Å². The van der Waals surface area contributed by atoms with Crippen molar-refractivity contribution in [2.45, 2.75) is 39.0 Å². The Morgan fingerprint density at radius 3 is 2.88 bits per heavy atom. The Morgan fingerprint density at radius 1 is 1.31 bits per heavy atom. The highest BCUT2D eigenvalue weighted by molar-refractivity contribution is 5.79. The molecule has 1 aromatic carbocycles. The summed E-state index contributed by atoms with van der Waals surface area (Å²) in [5, 5.41) is 6.75. The zero-order valence-electron chi connectivity index (χ0n) is 16.4. The molecule has 0 aromatic heterocycles. The Balaban J connectivity index is 1.59. The number of nitrogens with one attached hydrogen (secondary N) is 2. The van der Waals surface area contributed by atoms with Gasteiger partial charge in [-0.3, -0.25) is 4.99 Å². The topological polar surface area (TPSA) is 54.9 Å². The largest absolute Gasteiger partial charge is 0.381 e. The monoisotopic (exact) mass is 361 g/mol. The molecule has 5 heteroatoms. The number of aliphatic imine (C=N–C) groups is 1. The fourth-order valence-corrected chi connectivity index (χ4v) is 3.02. The van der Waals surface area contributed by atoms with E-state index < -0.39 is 0 Å². The Morgan fingerprint density at radius 2 is 2.15 bits per heavy atom. The van der Waals surface area contributed by atoms with Gasteiger partial charge in [0.2, 0.25) is 0 Å². The standard InChI is InChI=1S/C21H35N3O2/c1-3-22-21(23-12-7-14-25-16-19-11-15-26-17-19)24-13-10-18(2)20-8-5-4-6-9-20/h4-6,8-9,18-19H,3,7,10-17H2,1-2H3,(H2,22,23,24). The van der Waals surface area contributed by atoms with Crippen LogP contribution >= 0.6 is 0 Å². The van der Waals surface area contributed by atoms with Crippen LogP contribution in [0, 0.1) is 5.92 Å². The molecule has 1 aliphatic rings. The van der Waals surface area contributed by atoms with Crippen molar-refractivity contribution in [3.05, 3.63) is 35.9 Å². The van der Waals surface area contributed by atoms with E-state index in [1.165, 1.54) is 5.56 Å². The van der Waals surface area contributed by atoms with Crippen LogP contribution in [0.15, 0.2) is 35.3 Å². The molecule has 0 amide bonds. The lowest BCUT2D eigenvalue weighted by atomic mass is 9.98. The summed E-state index contributed by atoms with van der Waals surface area (Å²) in [6.07, 6.45) is 3.17. The lowest BCUT2D eigenvalue weighted by Crippen LogP contribution is -2.38. The Labute approximate surface area is 158 Å². The number of rotatable bonds is 11. The highest BCUT2D eigenvalue weighted by Gasteiger charge is 2.15. The molecule has 2 N–H and O–H groups in total. The fraction of sp³-hybridized carbons (Fsp3) is 0.667. The van der Waals surface area contributed by atoms with Crippen LogP contribution in [0.5, 0.6) is 0 Å². The molecule has 2 unspecified atom stereocenters. The minimum atomic E-state index is 0.541. The first-order valence-corrected chi connectivity index (χ1v) is 10.0. The van der Waals surface area contributed by atoms with Crippen molar-refractivity contribution in [1.82, 2.24) is 10.6 Å². The molecule has 5 nitrogen and oxygen atoms in total. The van der Waals surface area contributed by atoms with Gasteiger partial charge in [-0.15, -0.1) is 0 Å². The molecule has 1 fully saturated rings. The van der Waals surface area contributed by atoms with E-state index in [0.29, 0.717) is 11.8 Å². The molecule has 0 bridgehead atoms. The summed E-state index contributed by atoms with van der Waals surface area (Å²) in [4.78, 5) is 4.64. The molecule has 0 spiro atoms. The number of guanidine groups is 1. The second-order valence-corrected chi connectivity index (χ2v) is 6.95. The second kappa shape index (κ2) is 12.7. The van der Waals surface area contributed by atoms with Gasteiger partial charge in [0.1, 0.15) is 0 Å². The van der Waals surface area contributed by atoms with Crippen molar-refractivity contribution < 1.29 is 9.47 Å². The van der Waals surface area contributed by atoms with Crippen LogP contribution in [0.1, 0.15) is 44.6 Å². The normalized spacial score (nSPS) is 18.7. The SMILES string of the molecule is CCNC(=NCCCOCC1CCOC1)NCCC(C)c1ccccc1. The maximum Gasteiger partial charge on any atom is 0.191 e. The summed E-state index contributed by atoms with van der Waals surface area (Å²) in [6, 6.07) is 10.7. The van der Waals surface area contributed by atoms with E-state index in [9.17, 15) is 0 Å². The highest BCUT2D eigenvalue weighted by Crippen LogP contribution is 2.17. The van der Waals surface area contributed by atoms with Crippen molar-refractivity contribution in [2.75, 3.05) is 46.1 Å². The van der Waals surface area contributed by atoms with Crippen LogP contribution in [0.25, 0.3) is 0 Å². The average Bonchev–Trinajstić information content (AvgIpc) is 3.18. The second-order valence-electron chi connectivity index (χ2n) is 6.95. The molecule has 1 aliphatic heterocycles. The number of benzene rings is 1. The summed E-state index contributed by atoms with van der Waals surface area (Å²) in [6.45, 7) is 10.3. The predicted octanol–water partition coefficient (Wildman–Crippen LogP) is 3.18. The van der Waals surface area contributed by atoms with Crippen LogP contribution in [0.2, 0.25) is 0 Å². The van der Waals surface area contributed by atoms with E-state index in [0.717, 1.165) is 71.3 Å². The summed E-state index contributed by atoms with van der Waals surface area (Å²) in [5.41, 5.74) is 1.39. The van der Waals surface area contributed by atoms with Gasteiger partial charge in [-0.25, -0.2) is 0 Å². The molecule has 2 atom stereocenters. The molecule has 0 radical (unpaired) electrons. The van der Waals surface area contributed by atoms with Crippen LogP contribution in [-0.4, -0.2) is 52.0 Å². The Bertz CT molecular complexity index is 501. The molecule has 2 rings (SSSR count). The minimum absolute atomic E-state index is 0.541. The first kappa shape index (κ1) is 20.7. The third-order valence-electron chi connectivity index (χ3n) is 4.68. The molecule has 0 saturated carbocycles. The minimum Gasteiger partial charge on any atom is -0.381 e. The first-order valence-electron chi connectivity index (χ1n) is 10.0. The average molecular weight is 362 g/mol. The van der Waals surface area contributed by atoms with Gasteiger partial charge in [-0.1, -0.05) is 37.3 Å². The number of hydrogen-bond donors (Lipinski definition) is 2. The summed E-state index contributed by atoms with van der Waals surface area (Å²) in [7, 11) is 0. The summed E-state index contributed by atoms with van der Waals surface area (Å²) in [5.74, 6) is 2.03. The molecule has 26 heavy (non-hydrogen) atoms. The molecule has 1 heterocycles. The van der Waals surface area contributed by atoms with E-state index in [4.69, 9.17) is 9.47 Å². The van der Waals surface area contributed by atoms with Crippen molar-refractivity contribution in [3.8, 4) is 0 Å².